The average Bonchev–Trinajstić information content (AvgIpc) is 2.42. The first-order chi connectivity index (χ1) is 6.99. The van der Waals surface area contributed by atoms with Gasteiger partial charge in [0.15, 0.2) is 9.84 Å². The number of rotatable bonds is 2. The quantitative estimate of drug-likeness (QED) is 0.698. The number of nitrogens with one attached hydrogen (secondary N) is 2. The molecule has 2 heterocycles. The van der Waals surface area contributed by atoms with Crippen molar-refractivity contribution in [2.45, 2.75) is 37.8 Å². The molecule has 0 aliphatic carbocycles. The molecule has 2 unspecified atom stereocenters. The zero-order chi connectivity index (χ0) is 10.9. The fraction of sp³-hybridized carbons (Fsp3) is 1.00. The molecule has 5 heteroatoms. The fourth-order valence-corrected chi connectivity index (χ4v) is 4.70. The van der Waals surface area contributed by atoms with Gasteiger partial charge in [-0.05, 0) is 32.7 Å². The third kappa shape index (κ3) is 2.92. The van der Waals surface area contributed by atoms with Crippen LogP contribution in [0.1, 0.15) is 26.2 Å². The van der Waals surface area contributed by atoms with Crippen molar-refractivity contribution in [3.63, 3.8) is 0 Å². The summed E-state index contributed by atoms with van der Waals surface area (Å²) in [6.07, 6.45) is 3.09. The lowest BCUT2D eigenvalue weighted by atomic mass is 9.98. The standard InChI is InChI=1S/C10H20N2O2S/c1-10(4-6-15(13,14)8-10)12-9-3-2-5-11-7-9/h9,11-12H,2-8H2,1H3. The normalized spacial score (nSPS) is 40.5. The maximum atomic E-state index is 11.4. The molecule has 2 aliphatic rings. The van der Waals surface area contributed by atoms with E-state index >= 15 is 0 Å². The molecule has 2 atom stereocenters. The summed E-state index contributed by atoms with van der Waals surface area (Å²) in [6, 6.07) is 0.442. The first kappa shape index (κ1) is 11.4. The highest BCUT2D eigenvalue weighted by Gasteiger charge is 2.39. The molecule has 15 heavy (non-hydrogen) atoms. The van der Waals surface area contributed by atoms with Crippen LogP contribution in [0.2, 0.25) is 0 Å². The molecule has 2 saturated heterocycles. The molecule has 0 spiro atoms. The highest BCUT2D eigenvalue weighted by Crippen LogP contribution is 2.24. The van der Waals surface area contributed by atoms with Crippen LogP contribution in [0.15, 0.2) is 0 Å². The number of hydrogen-bond donors (Lipinski definition) is 2. The van der Waals surface area contributed by atoms with Gasteiger partial charge >= 0.3 is 0 Å². The van der Waals surface area contributed by atoms with Gasteiger partial charge in [0, 0.05) is 18.1 Å². The van der Waals surface area contributed by atoms with Crippen molar-refractivity contribution < 1.29 is 8.42 Å². The Morgan fingerprint density at radius 2 is 2.27 bits per heavy atom. The molecule has 0 amide bonds. The van der Waals surface area contributed by atoms with Crippen molar-refractivity contribution in [2.24, 2.45) is 0 Å². The topological polar surface area (TPSA) is 58.2 Å². The summed E-state index contributed by atoms with van der Waals surface area (Å²) >= 11 is 0. The van der Waals surface area contributed by atoms with E-state index in [1.807, 2.05) is 6.92 Å². The predicted octanol–water partition coefficient (Wildman–Crippen LogP) is -0.0948. The molecule has 0 aromatic rings. The van der Waals surface area contributed by atoms with Crippen LogP contribution in [0.3, 0.4) is 0 Å². The van der Waals surface area contributed by atoms with Gasteiger partial charge in [0.2, 0.25) is 0 Å². The lowest BCUT2D eigenvalue weighted by molar-refractivity contribution is 0.294. The summed E-state index contributed by atoms with van der Waals surface area (Å²) in [4.78, 5) is 0. The summed E-state index contributed by atoms with van der Waals surface area (Å²) in [7, 11) is -2.79. The zero-order valence-electron chi connectivity index (χ0n) is 9.25. The maximum Gasteiger partial charge on any atom is 0.152 e. The Morgan fingerprint density at radius 1 is 1.47 bits per heavy atom. The van der Waals surface area contributed by atoms with E-state index in [2.05, 4.69) is 10.6 Å². The SMILES string of the molecule is CC1(NC2CCCNC2)CCS(=O)(=O)C1. The zero-order valence-corrected chi connectivity index (χ0v) is 10.1. The van der Waals surface area contributed by atoms with Gasteiger partial charge in [-0.15, -0.1) is 0 Å². The van der Waals surface area contributed by atoms with Crippen LogP contribution < -0.4 is 10.6 Å². The van der Waals surface area contributed by atoms with Crippen LogP contribution in [-0.4, -0.2) is 44.6 Å². The lowest BCUT2D eigenvalue weighted by Gasteiger charge is -2.33. The molecule has 0 radical (unpaired) electrons. The fourth-order valence-electron chi connectivity index (χ4n) is 2.59. The van der Waals surface area contributed by atoms with Crippen LogP contribution >= 0.6 is 0 Å². The van der Waals surface area contributed by atoms with Gasteiger partial charge in [-0.25, -0.2) is 8.42 Å². The third-order valence-electron chi connectivity index (χ3n) is 3.35. The van der Waals surface area contributed by atoms with E-state index in [1.165, 1.54) is 6.42 Å². The smallest absolute Gasteiger partial charge is 0.152 e. The average molecular weight is 232 g/mol. The Labute approximate surface area is 91.7 Å². The minimum Gasteiger partial charge on any atom is -0.315 e. The molecule has 0 aromatic carbocycles. The van der Waals surface area contributed by atoms with Crippen molar-refractivity contribution in [1.29, 1.82) is 0 Å². The Morgan fingerprint density at radius 3 is 2.80 bits per heavy atom. The van der Waals surface area contributed by atoms with Gasteiger partial charge < -0.3 is 10.6 Å². The molecule has 88 valence electrons. The Balaban J connectivity index is 1.93. The lowest BCUT2D eigenvalue weighted by Crippen LogP contribution is -2.54. The molecule has 2 N–H and O–H groups in total. The monoisotopic (exact) mass is 232 g/mol. The second-order valence-electron chi connectivity index (χ2n) is 5.09. The predicted molar refractivity (Wildman–Crippen MR) is 60.7 cm³/mol. The van der Waals surface area contributed by atoms with Crippen LogP contribution in [-0.2, 0) is 9.84 Å². The van der Waals surface area contributed by atoms with Gasteiger partial charge in [-0.2, -0.15) is 0 Å². The van der Waals surface area contributed by atoms with E-state index in [4.69, 9.17) is 0 Å². The molecular weight excluding hydrogens is 212 g/mol. The Kier molecular flexibility index (Phi) is 3.05. The number of hydrogen-bond acceptors (Lipinski definition) is 4. The van der Waals surface area contributed by atoms with E-state index in [9.17, 15) is 8.42 Å². The molecular formula is C10H20N2O2S. The molecule has 2 aliphatic heterocycles. The van der Waals surface area contributed by atoms with Crippen molar-refractivity contribution >= 4 is 9.84 Å². The highest BCUT2D eigenvalue weighted by molar-refractivity contribution is 7.91. The minimum atomic E-state index is -2.79. The molecule has 0 saturated carbocycles. The van der Waals surface area contributed by atoms with Gasteiger partial charge in [-0.3, -0.25) is 0 Å². The Hall–Kier alpha value is -0.130. The molecule has 0 bridgehead atoms. The number of sulfone groups is 1. The molecule has 4 nitrogen and oxygen atoms in total. The van der Waals surface area contributed by atoms with E-state index in [0.29, 0.717) is 17.5 Å². The first-order valence-corrected chi connectivity index (χ1v) is 7.50. The largest absolute Gasteiger partial charge is 0.315 e. The summed E-state index contributed by atoms with van der Waals surface area (Å²) < 4.78 is 22.9. The summed E-state index contributed by atoms with van der Waals surface area (Å²) in [5, 5.41) is 6.84. The molecule has 2 fully saturated rings. The van der Waals surface area contributed by atoms with E-state index in [0.717, 1.165) is 25.9 Å². The molecule has 2 rings (SSSR count). The van der Waals surface area contributed by atoms with Gasteiger partial charge in [0.05, 0.1) is 11.5 Å². The summed E-state index contributed by atoms with van der Waals surface area (Å²) in [6.45, 7) is 4.09. The van der Waals surface area contributed by atoms with Crippen LogP contribution in [0.25, 0.3) is 0 Å². The van der Waals surface area contributed by atoms with Gasteiger partial charge in [-0.1, -0.05) is 0 Å². The minimum absolute atomic E-state index is 0.192. The number of piperidine rings is 1. The van der Waals surface area contributed by atoms with Crippen molar-refractivity contribution in [1.82, 2.24) is 10.6 Å². The summed E-state index contributed by atoms with van der Waals surface area (Å²) in [5.41, 5.74) is -0.192. The second kappa shape index (κ2) is 4.03. The van der Waals surface area contributed by atoms with Crippen molar-refractivity contribution in [3.8, 4) is 0 Å². The van der Waals surface area contributed by atoms with E-state index < -0.39 is 9.84 Å². The second-order valence-corrected chi connectivity index (χ2v) is 7.27. The summed E-state index contributed by atoms with van der Waals surface area (Å²) in [5.74, 6) is 0.646. The van der Waals surface area contributed by atoms with Crippen molar-refractivity contribution in [2.75, 3.05) is 24.6 Å². The van der Waals surface area contributed by atoms with Gasteiger partial charge in [0.25, 0.3) is 0 Å². The van der Waals surface area contributed by atoms with Crippen LogP contribution in [0, 0.1) is 0 Å². The highest BCUT2D eigenvalue weighted by atomic mass is 32.2. The Bertz CT molecular complexity index is 322. The van der Waals surface area contributed by atoms with Crippen molar-refractivity contribution in [3.05, 3.63) is 0 Å². The molecule has 0 aromatic heterocycles. The van der Waals surface area contributed by atoms with Crippen LogP contribution in [0.4, 0.5) is 0 Å². The third-order valence-corrected chi connectivity index (χ3v) is 5.26. The van der Waals surface area contributed by atoms with Gasteiger partial charge in [0.1, 0.15) is 0 Å². The van der Waals surface area contributed by atoms with Crippen LogP contribution in [0.5, 0.6) is 0 Å². The maximum absolute atomic E-state index is 11.4. The van der Waals surface area contributed by atoms with E-state index in [1.54, 1.807) is 0 Å². The van der Waals surface area contributed by atoms with E-state index in [-0.39, 0.29) is 5.54 Å². The first-order valence-electron chi connectivity index (χ1n) is 5.68.